The van der Waals surface area contributed by atoms with Gasteiger partial charge in [0, 0.05) is 5.70 Å². The lowest BCUT2D eigenvalue weighted by molar-refractivity contribution is 0.501. The Morgan fingerprint density at radius 1 is 1.58 bits per heavy atom. The number of allylic oxidation sites excluding steroid dienone is 2. The van der Waals surface area contributed by atoms with Crippen molar-refractivity contribution >= 4 is 7.85 Å². The molecule has 0 aromatic carbocycles. The van der Waals surface area contributed by atoms with Crippen LogP contribution in [0.5, 0.6) is 0 Å². The Kier molecular flexibility index (Phi) is 1.94. The SMILES string of the molecule is BC1C=CC2=C(C1)C(N)NCN2. The largest absolute Gasteiger partial charge is 0.372 e. The topological polar surface area (TPSA) is 50.1 Å². The minimum absolute atomic E-state index is 0.0497. The Hall–Kier alpha value is -0.735. The van der Waals surface area contributed by atoms with Gasteiger partial charge in [-0.2, -0.15) is 0 Å². The fraction of sp³-hybridized carbons (Fsp3) is 0.500. The smallest absolute Gasteiger partial charge is 0.110 e. The van der Waals surface area contributed by atoms with Crippen LogP contribution in [-0.4, -0.2) is 20.7 Å². The van der Waals surface area contributed by atoms with E-state index in [2.05, 4.69) is 30.6 Å². The van der Waals surface area contributed by atoms with E-state index in [1.54, 1.807) is 0 Å². The van der Waals surface area contributed by atoms with Crippen LogP contribution in [0.25, 0.3) is 0 Å². The Morgan fingerprint density at radius 2 is 2.42 bits per heavy atom. The van der Waals surface area contributed by atoms with Crippen LogP contribution in [0, 0.1) is 0 Å². The minimum Gasteiger partial charge on any atom is -0.372 e. The first kappa shape index (κ1) is 7.89. The second-order valence-corrected chi connectivity index (χ2v) is 3.51. The van der Waals surface area contributed by atoms with Crippen LogP contribution < -0.4 is 16.4 Å². The van der Waals surface area contributed by atoms with Gasteiger partial charge in [-0.25, -0.2) is 0 Å². The molecule has 0 saturated heterocycles. The number of rotatable bonds is 0. The summed E-state index contributed by atoms with van der Waals surface area (Å²) >= 11 is 0. The molecule has 64 valence electrons. The van der Waals surface area contributed by atoms with Gasteiger partial charge >= 0.3 is 0 Å². The lowest BCUT2D eigenvalue weighted by atomic mass is 9.77. The third-order valence-electron chi connectivity index (χ3n) is 2.46. The first-order chi connectivity index (χ1) is 5.77. The monoisotopic (exact) mass is 163 g/mol. The average molecular weight is 163 g/mol. The van der Waals surface area contributed by atoms with Crippen molar-refractivity contribution in [3.63, 3.8) is 0 Å². The zero-order valence-corrected chi connectivity index (χ0v) is 7.30. The van der Waals surface area contributed by atoms with Gasteiger partial charge in [-0.1, -0.05) is 6.08 Å². The summed E-state index contributed by atoms with van der Waals surface area (Å²) < 4.78 is 0. The van der Waals surface area contributed by atoms with E-state index >= 15 is 0 Å². The van der Waals surface area contributed by atoms with E-state index in [4.69, 9.17) is 5.73 Å². The van der Waals surface area contributed by atoms with Gasteiger partial charge in [-0.3, -0.25) is 5.32 Å². The van der Waals surface area contributed by atoms with E-state index in [9.17, 15) is 0 Å². The molecule has 0 saturated carbocycles. The normalized spacial score (nSPS) is 34.4. The Labute approximate surface area is 73.5 Å². The van der Waals surface area contributed by atoms with Crippen LogP contribution in [0.2, 0.25) is 5.82 Å². The number of hydrogen-bond acceptors (Lipinski definition) is 3. The summed E-state index contributed by atoms with van der Waals surface area (Å²) in [6, 6.07) is 0. The summed E-state index contributed by atoms with van der Waals surface area (Å²) in [6.07, 6.45) is 5.50. The molecule has 0 amide bonds. The standard InChI is InChI=1S/C8H14BN3/c9-5-1-2-7-6(3-5)8(10)12-4-11-7/h1-2,5,8,11-12H,3-4,9-10H2. The van der Waals surface area contributed by atoms with Gasteiger partial charge in [0.25, 0.3) is 0 Å². The van der Waals surface area contributed by atoms with Crippen molar-refractivity contribution in [1.29, 1.82) is 0 Å². The average Bonchev–Trinajstić information content (AvgIpc) is 2.07. The van der Waals surface area contributed by atoms with Crippen molar-refractivity contribution in [1.82, 2.24) is 10.6 Å². The molecule has 2 atom stereocenters. The highest BCUT2D eigenvalue weighted by Crippen LogP contribution is 2.26. The van der Waals surface area contributed by atoms with E-state index in [1.807, 2.05) is 0 Å². The molecule has 0 radical (unpaired) electrons. The lowest BCUT2D eigenvalue weighted by Crippen LogP contribution is -2.49. The van der Waals surface area contributed by atoms with Crippen molar-refractivity contribution in [3.8, 4) is 0 Å². The molecule has 2 rings (SSSR count). The molecule has 4 N–H and O–H groups in total. The van der Waals surface area contributed by atoms with Gasteiger partial charge < -0.3 is 11.1 Å². The van der Waals surface area contributed by atoms with Gasteiger partial charge in [0.2, 0.25) is 0 Å². The molecule has 12 heavy (non-hydrogen) atoms. The maximum atomic E-state index is 5.91. The highest BCUT2D eigenvalue weighted by Gasteiger charge is 2.21. The maximum absolute atomic E-state index is 5.91. The van der Waals surface area contributed by atoms with Crippen molar-refractivity contribution in [2.24, 2.45) is 5.73 Å². The Balaban J connectivity index is 2.26. The van der Waals surface area contributed by atoms with Gasteiger partial charge in [0.05, 0.1) is 12.8 Å². The highest BCUT2D eigenvalue weighted by molar-refractivity contribution is 6.13. The molecule has 0 spiro atoms. The highest BCUT2D eigenvalue weighted by atomic mass is 15.2. The van der Waals surface area contributed by atoms with Gasteiger partial charge in [0.1, 0.15) is 7.85 Å². The van der Waals surface area contributed by atoms with E-state index in [-0.39, 0.29) is 6.17 Å². The molecule has 1 aliphatic carbocycles. The molecular weight excluding hydrogens is 149 g/mol. The molecular formula is C8H14BN3. The van der Waals surface area contributed by atoms with Gasteiger partial charge in [-0.05, 0) is 23.9 Å². The molecule has 0 fully saturated rings. The molecule has 2 aliphatic rings. The van der Waals surface area contributed by atoms with Crippen molar-refractivity contribution in [2.45, 2.75) is 18.4 Å². The minimum atomic E-state index is 0.0497. The van der Waals surface area contributed by atoms with E-state index in [1.165, 1.54) is 11.3 Å². The van der Waals surface area contributed by atoms with Crippen molar-refractivity contribution in [3.05, 3.63) is 23.4 Å². The second kappa shape index (κ2) is 2.96. The van der Waals surface area contributed by atoms with Gasteiger partial charge in [0.15, 0.2) is 0 Å². The fourth-order valence-corrected chi connectivity index (χ4v) is 1.74. The van der Waals surface area contributed by atoms with E-state index < -0.39 is 0 Å². The number of hydrogen-bond donors (Lipinski definition) is 3. The first-order valence-electron chi connectivity index (χ1n) is 4.41. The summed E-state index contributed by atoms with van der Waals surface area (Å²) in [7, 11) is 2.21. The van der Waals surface area contributed by atoms with E-state index in [0.717, 1.165) is 13.1 Å². The third-order valence-corrected chi connectivity index (χ3v) is 2.46. The molecule has 0 aromatic rings. The Bertz CT molecular complexity index is 247. The molecule has 0 aromatic heterocycles. The summed E-state index contributed by atoms with van der Waals surface area (Å²) in [5.74, 6) is 0.622. The third kappa shape index (κ3) is 1.28. The van der Waals surface area contributed by atoms with Crippen molar-refractivity contribution in [2.75, 3.05) is 6.67 Å². The summed E-state index contributed by atoms with van der Waals surface area (Å²) in [6.45, 7) is 0.777. The number of nitrogens with one attached hydrogen (secondary N) is 2. The van der Waals surface area contributed by atoms with Crippen LogP contribution in [0.1, 0.15) is 6.42 Å². The van der Waals surface area contributed by atoms with Crippen LogP contribution in [0.3, 0.4) is 0 Å². The predicted molar refractivity (Wildman–Crippen MR) is 52.2 cm³/mol. The quantitative estimate of drug-likeness (QED) is 0.404. The van der Waals surface area contributed by atoms with Crippen LogP contribution >= 0.6 is 0 Å². The molecule has 3 nitrogen and oxygen atoms in total. The molecule has 2 unspecified atom stereocenters. The molecule has 1 heterocycles. The molecule has 1 aliphatic heterocycles. The zero-order chi connectivity index (χ0) is 8.55. The van der Waals surface area contributed by atoms with Gasteiger partial charge in [-0.15, -0.1) is 0 Å². The lowest BCUT2D eigenvalue weighted by Gasteiger charge is -2.30. The van der Waals surface area contributed by atoms with E-state index in [0.29, 0.717) is 5.82 Å². The number of nitrogens with two attached hydrogens (primary N) is 1. The predicted octanol–water partition coefficient (Wildman–Crippen LogP) is -0.943. The zero-order valence-electron chi connectivity index (χ0n) is 7.30. The second-order valence-electron chi connectivity index (χ2n) is 3.51. The Morgan fingerprint density at radius 3 is 3.25 bits per heavy atom. The fourth-order valence-electron chi connectivity index (χ4n) is 1.74. The van der Waals surface area contributed by atoms with Crippen molar-refractivity contribution < 1.29 is 0 Å². The van der Waals surface area contributed by atoms with Crippen LogP contribution in [0.4, 0.5) is 0 Å². The molecule has 0 bridgehead atoms. The van der Waals surface area contributed by atoms with Crippen LogP contribution in [0.15, 0.2) is 23.4 Å². The summed E-state index contributed by atoms with van der Waals surface area (Å²) in [4.78, 5) is 0. The molecule has 4 heteroatoms. The van der Waals surface area contributed by atoms with Crippen LogP contribution in [-0.2, 0) is 0 Å². The summed E-state index contributed by atoms with van der Waals surface area (Å²) in [5.41, 5.74) is 8.45. The first-order valence-corrected chi connectivity index (χ1v) is 4.41. The maximum Gasteiger partial charge on any atom is 0.110 e. The summed E-state index contributed by atoms with van der Waals surface area (Å²) in [5, 5.41) is 6.45.